The van der Waals surface area contributed by atoms with Gasteiger partial charge in [-0.15, -0.1) is 11.8 Å². The SMILES string of the molecule is CCOC(=O)C1CCN(C(=O)C(C)Sc2ccccc2C)CC1. The Morgan fingerprint density at radius 2 is 1.96 bits per heavy atom. The van der Waals surface area contributed by atoms with Crippen LogP contribution < -0.4 is 0 Å². The lowest BCUT2D eigenvalue weighted by Gasteiger charge is -2.32. The van der Waals surface area contributed by atoms with Crippen LogP contribution in [0.3, 0.4) is 0 Å². The lowest BCUT2D eigenvalue weighted by molar-refractivity contribution is -0.151. The van der Waals surface area contributed by atoms with Crippen LogP contribution in [0.15, 0.2) is 29.2 Å². The molecule has 5 heteroatoms. The van der Waals surface area contributed by atoms with E-state index in [0.717, 1.165) is 4.90 Å². The molecule has 1 saturated heterocycles. The summed E-state index contributed by atoms with van der Waals surface area (Å²) in [6.45, 7) is 7.53. The molecule has 1 unspecified atom stereocenters. The Kier molecular flexibility index (Phi) is 6.51. The lowest BCUT2D eigenvalue weighted by Crippen LogP contribution is -2.43. The predicted molar refractivity (Wildman–Crippen MR) is 92.4 cm³/mol. The molecule has 1 amide bonds. The third-order valence-corrected chi connectivity index (χ3v) is 5.44. The van der Waals surface area contributed by atoms with Crippen molar-refractivity contribution >= 4 is 23.6 Å². The fourth-order valence-corrected chi connectivity index (χ4v) is 3.82. The third-order valence-electron chi connectivity index (χ3n) is 4.17. The van der Waals surface area contributed by atoms with E-state index in [1.54, 1.807) is 11.8 Å². The maximum atomic E-state index is 12.6. The highest BCUT2D eigenvalue weighted by molar-refractivity contribution is 8.00. The van der Waals surface area contributed by atoms with Gasteiger partial charge in [0.15, 0.2) is 0 Å². The molecule has 4 nitrogen and oxygen atoms in total. The summed E-state index contributed by atoms with van der Waals surface area (Å²) in [5.41, 5.74) is 1.19. The van der Waals surface area contributed by atoms with Crippen LogP contribution in [0.25, 0.3) is 0 Å². The summed E-state index contributed by atoms with van der Waals surface area (Å²) in [7, 11) is 0. The average Bonchev–Trinajstić information content (AvgIpc) is 2.56. The Labute approximate surface area is 142 Å². The smallest absolute Gasteiger partial charge is 0.309 e. The van der Waals surface area contributed by atoms with Gasteiger partial charge in [-0.05, 0) is 45.2 Å². The first-order chi connectivity index (χ1) is 11.0. The van der Waals surface area contributed by atoms with Crippen LogP contribution in [0, 0.1) is 12.8 Å². The van der Waals surface area contributed by atoms with Crippen molar-refractivity contribution in [1.82, 2.24) is 4.90 Å². The van der Waals surface area contributed by atoms with Crippen LogP contribution in [0.2, 0.25) is 0 Å². The Balaban J connectivity index is 1.87. The number of rotatable bonds is 5. The maximum Gasteiger partial charge on any atom is 0.309 e. The van der Waals surface area contributed by atoms with E-state index >= 15 is 0 Å². The topological polar surface area (TPSA) is 46.6 Å². The van der Waals surface area contributed by atoms with Crippen LogP contribution in [-0.4, -0.2) is 41.7 Å². The van der Waals surface area contributed by atoms with E-state index in [2.05, 4.69) is 19.1 Å². The van der Waals surface area contributed by atoms with E-state index in [9.17, 15) is 9.59 Å². The number of ether oxygens (including phenoxy) is 1. The number of hydrogen-bond donors (Lipinski definition) is 0. The molecule has 126 valence electrons. The molecule has 1 heterocycles. The highest BCUT2D eigenvalue weighted by atomic mass is 32.2. The van der Waals surface area contributed by atoms with Gasteiger partial charge in [-0.3, -0.25) is 9.59 Å². The number of carbonyl (C=O) groups is 2. The summed E-state index contributed by atoms with van der Waals surface area (Å²) in [6, 6.07) is 8.12. The summed E-state index contributed by atoms with van der Waals surface area (Å²) >= 11 is 1.60. The van der Waals surface area contributed by atoms with Crippen LogP contribution in [-0.2, 0) is 14.3 Å². The molecule has 0 aliphatic carbocycles. The number of piperidine rings is 1. The quantitative estimate of drug-likeness (QED) is 0.612. The Morgan fingerprint density at radius 1 is 1.30 bits per heavy atom. The summed E-state index contributed by atoms with van der Waals surface area (Å²) < 4.78 is 5.07. The lowest BCUT2D eigenvalue weighted by atomic mass is 9.97. The first-order valence-corrected chi connectivity index (χ1v) is 9.08. The van der Waals surface area contributed by atoms with E-state index in [1.807, 2.05) is 30.9 Å². The van der Waals surface area contributed by atoms with E-state index in [4.69, 9.17) is 4.74 Å². The van der Waals surface area contributed by atoms with Crippen LogP contribution in [0.4, 0.5) is 0 Å². The number of esters is 1. The largest absolute Gasteiger partial charge is 0.466 e. The Morgan fingerprint density at radius 3 is 2.57 bits per heavy atom. The molecular formula is C18H25NO3S. The highest BCUT2D eigenvalue weighted by Crippen LogP contribution is 2.28. The maximum absolute atomic E-state index is 12.6. The molecule has 1 atom stereocenters. The molecule has 0 bridgehead atoms. The van der Waals surface area contributed by atoms with Gasteiger partial charge < -0.3 is 9.64 Å². The standard InChI is InChI=1S/C18H25NO3S/c1-4-22-18(21)15-9-11-19(12-10-15)17(20)14(3)23-16-8-6-5-7-13(16)2/h5-8,14-15H,4,9-12H2,1-3H3. The fraction of sp³-hybridized carbons (Fsp3) is 0.556. The second-order valence-electron chi connectivity index (χ2n) is 5.88. The minimum Gasteiger partial charge on any atom is -0.466 e. The van der Waals surface area contributed by atoms with Crippen molar-refractivity contribution in [2.45, 2.75) is 43.8 Å². The van der Waals surface area contributed by atoms with Crippen molar-refractivity contribution < 1.29 is 14.3 Å². The zero-order chi connectivity index (χ0) is 16.8. The van der Waals surface area contributed by atoms with E-state index < -0.39 is 0 Å². The van der Waals surface area contributed by atoms with Gasteiger partial charge >= 0.3 is 5.97 Å². The van der Waals surface area contributed by atoms with Crippen molar-refractivity contribution in [3.05, 3.63) is 29.8 Å². The molecule has 1 aliphatic rings. The molecule has 2 rings (SSSR count). The molecule has 0 spiro atoms. The van der Waals surface area contributed by atoms with Gasteiger partial charge in [0.1, 0.15) is 0 Å². The Hall–Kier alpha value is -1.49. The molecule has 0 saturated carbocycles. The van der Waals surface area contributed by atoms with Crippen LogP contribution in [0.1, 0.15) is 32.3 Å². The fourth-order valence-electron chi connectivity index (χ4n) is 2.78. The molecule has 23 heavy (non-hydrogen) atoms. The number of thioether (sulfide) groups is 1. The molecule has 1 aromatic carbocycles. The normalized spacial score (nSPS) is 16.9. The van der Waals surface area contributed by atoms with Crippen molar-refractivity contribution in [1.29, 1.82) is 0 Å². The highest BCUT2D eigenvalue weighted by Gasteiger charge is 2.30. The van der Waals surface area contributed by atoms with Gasteiger partial charge in [-0.1, -0.05) is 18.2 Å². The number of benzene rings is 1. The molecule has 0 radical (unpaired) electrons. The molecule has 0 aromatic heterocycles. The van der Waals surface area contributed by atoms with Gasteiger partial charge in [0.25, 0.3) is 0 Å². The minimum absolute atomic E-state index is 0.0571. The van der Waals surface area contributed by atoms with E-state index in [1.165, 1.54) is 5.56 Å². The molecular weight excluding hydrogens is 310 g/mol. The number of amides is 1. The number of hydrogen-bond acceptors (Lipinski definition) is 4. The van der Waals surface area contributed by atoms with Crippen molar-refractivity contribution in [3.8, 4) is 0 Å². The molecule has 1 fully saturated rings. The summed E-state index contributed by atoms with van der Waals surface area (Å²) in [5, 5.41) is -0.116. The zero-order valence-electron chi connectivity index (χ0n) is 14.1. The average molecular weight is 335 g/mol. The van der Waals surface area contributed by atoms with Crippen molar-refractivity contribution in [2.75, 3.05) is 19.7 Å². The number of carbonyl (C=O) groups excluding carboxylic acids is 2. The third kappa shape index (κ3) is 4.74. The molecule has 1 aromatic rings. The summed E-state index contributed by atoms with van der Waals surface area (Å²) in [5.74, 6) is -0.0270. The number of nitrogens with zero attached hydrogens (tertiary/aromatic N) is 1. The van der Waals surface area contributed by atoms with Crippen LogP contribution >= 0.6 is 11.8 Å². The van der Waals surface area contributed by atoms with Gasteiger partial charge in [-0.2, -0.15) is 0 Å². The predicted octanol–water partition coefficient (Wildman–Crippen LogP) is 3.28. The Bertz CT molecular complexity index is 553. The van der Waals surface area contributed by atoms with Crippen LogP contribution in [0.5, 0.6) is 0 Å². The minimum atomic E-state index is -0.123. The first kappa shape index (κ1) is 17.9. The molecule has 1 aliphatic heterocycles. The monoisotopic (exact) mass is 335 g/mol. The first-order valence-electron chi connectivity index (χ1n) is 8.20. The summed E-state index contributed by atoms with van der Waals surface area (Å²) in [6.07, 6.45) is 1.40. The number of likely N-dealkylation sites (tertiary alicyclic amines) is 1. The van der Waals surface area contributed by atoms with Crippen molar-refractivity contribution in [2.24, 2.45) is 5.92 Å². The summed E-state index contributed by atoms with van der Waals surface area (Å²) in [4.78, 5) is 27.4. The molecule has 0 N–H and O–H groups in total. The van der Waals surface area contributed by atoms with Gasteiger partial charge in [0, 0.05) is 18.0 Å². The zero-order valence-corrected chi connectivity index (χ0v) is 14.9. The second kappa shape index (κ2) is 8.39. The van der Waals surface area contributed by atoms with E-state index in [0.29, 0.717) is 32.5 Å². The van der Waals surface area contributed by atoms with Gasteiger partial charge in [0.2, 0.25) is 5.91 Å². The van der Waals surface area contributed by atoms with Gasteiger partial charge in [0.05, 0.1) is 17.8 Å². The second-order valence-corrected chi connectivity index (χ2v) is 7.26. The number of aryl methyl sites for hydroxylation is 1. The van der Waals surface area contributed by atoms with Crippen molar-refractivity contribution in [3.63, 3.8) is 0 Å². The van der Waals surface area contributed by atoms with Gasteiger partial charge in [-0.25, -0.2) is 0 Å². The van der Waals surface area contributed by atoms with E-state index in [-0.39, 0.29) is 23.0 Å².